The number of halogens is 1. The van der Waals surface area contributed by atoms with Crippen molar-refractivity contribution in [1.29, 1.82) is 0 Å². The highest BCUT2D eigenvalue weighted by Crippen LogP contribution is 2.40. The Morgan fingerprint density at radius 3 is 2.90 bits per heavy atom. The molecule has 54 valence electrons. The zero-order chi connectivity index (χ0) is 7.14. The lowest BCUT2D eigenvalue weighted by molar-refractivity contribution is 0.418. The van der Waals surface area contributed by atoms with Gasteiger partial charge in [-0.15, -0.1) is 11.3 Å². The summed E-state index contributed by atoms with van der Waals surface area (Å²) >= 11 is 5.30. The third-order valence-corrected chi connectivity index (χ3v) is 3.52. The summed E-state index contributed by atoms with van der Waals surface area (Å²) in [5.74, 6) is 0. The van der Waals surface area contributed by atoms with Crippen LogP contribution in [-0.4, -0.2) is 6.61 Å². The highest BCUT2D eigenvalue weighted by Gasteiger charge is 2.28. The summed E-state index contributed by atoms with van der Waals surface area (Å²) in [5, 5.41) is 0. The van der Waals surface area contributed by atoms with Crippen molar-refractivity contribution in [2.45, 2.75) is 13.0 Å². The van der Waals surface area contributed by atoms with Gasteiger partial charge < -0.3 is 4.74 Å². The van der Waals surface area contributed by atoms with Gasteiger partial charge in [0.1, 0.15) is 6.10 Å². The number of hydrogen-bond donors (Lipinski definition) is 0. The van der Waals surface area contributed by atoms with Crippen LogP contribution in [0.4, 0.5) is 0 Å². The van der Waals surface area contributed by atoms with E-state index in [4.69, 9.17) is 4.74 Å². The highest BCUT2D eigenvalue weighted by molar-refractivity contribution is 9.10. The van der Waals surface area contributed by atoms with E-state index in [2.05, 4.69) is 28.9 Å². The molecule has 3 heteroatoms. The average Bonchev–Trinajstić information content (AvgIpc) is 2.61. The van der Waals surface area contributed by atoms with Gasteiger partial charge in [0.25, 0.3) is 0 Å². The van der Waals surface area contributed by atoms with Crippen LogP contribution in [0.3, 0.4) is 0 Å². The van der Waals surface area contributed by atoms with Crippen LogP contribution in [0.15, 0.2) is 10.5 Å². The van der Waals surface area contributed by atoms with Crippen molar-refractivity contribution in [1.82, 2.24) is 0 Å². The van der Waals surface area contributed by atoms with Gasteiger partial charge in [-0.3, -0.25) is 0 Å². The summed E-state index contributed by atoms with van der Waals surface area (Å²) in [7, 11) is 0. The third-order valence-electron chi connectivity index (χ3n) is 1.46. The minimum atomic E-state index is 0.396. The molecule has 0 aliphatic carbocycles. The van der Waals surface area contributed by atoms with Crippen molar-refractivity contribution in [3.05, 3.63) is 20.3 Å². The molecule has 1 saturated heterocycles. The van der Waals surface area contributed by atoms with E-state index in [1.54, 1.807) is 0 Å². The van der Waals surface area contributed by atoms with Crippen LogP contribution in [0.5, 0.6) is 0 Å². The molecule has 1 aliphatic heterocycles. The largest absolute Gasteiger partial charge is 0.367 e. The van der Waals surface area contributed by atoms with Crippen molar-refractivity contribution in [3.8, 4) is 0 Å². The standard InChI is InChI=1S/C7H7BrOS/c1-4-2-5(8)7(10-4)6-3-9-6/h2,6H,3H2,1H3. The molecule has 10 heavy (non-hydrogen) atoms. The van der Waals surface area contributed by atoms with Crippen LogP contribution < -0.4 is 0 Å². The van der Waals surface area contributed by atoms with E-state index < -0.39 is 0 Å². The van der Waals surface area contributed by atoms with E-state index in [0.717, 1.165) is 6.61 Å². The first-order valence-corrected chi connectivity index (χ1v) is 4.76. The molecular formula is C7H7BrOS. The first-order chi connectivity index (χ1) is 4.77. The quantitative estimate of drug-likeness (QED) is 0.661. The summed E-state index contributed by atoms with van der Waals surface area (Å²) in [6.07, 6.45) is 0.396. The molecular weight excluding hydrogens is 212 g/mol. The van der Waals surface area contributed by atoms with Crippen molar-refractivity contribution in [2.24, 2.45) is 0 Å². The fourth-order valence-electron chi connectivity index (χ4n) is 0.920. The fourth-order valence-corrected chi connectivity index (χ4v) is 2.86. The number of thiophene rings is 1. The van der Waals surface area contributed by atoms with Gasteiger partial charge in [0.05, 0.1) is 11.5 Å². The van der Waals surface area contributed by atoms with Crippen LogP contribution in [-0.2, 0) is 4.74 Å². The molecule has 1 aliphatic rings. The SMILES string of the molecule is Cc1cc(Br)c(C2CO2)s1. The van der Waals surface area contributed by atoms with E-state index in [-0.39, 0.29) is 0 Å². The summed E-state index contributed by atoms with van der Waals surface area (Å²) < 4.78 is 6.38. The molecule has 2 rings (SSSR count). The molecule has 1 nitrogen and oxygen atoms in total. The molecule has 0 spiro atoms. The molecule has 0 radical (unpaired) electrons. The third kappa shape index (κ3) is 1.13. The van der Waals surface area contributed by atoms with Crippen molar-refractivity contribution >= 4 is 27.3 Å². The molecule has 1 aromatic heterocycles. The Bertz CT molecular complexity index is 252. The number of ether oxygens (including phenoxy) is 1. The molecule has 0 bridgehead atoms. The number of epoxide rings is 1. The summed E-state index contributed by atoms with van der Waals surface area (Å²) in [6, 6.07) is 2.14. The second-order valence-corrected chi connectivity index (χ2v) is 4.53. The molecule has 1 aromatic rings. The Balaban J connectivity index is 2.38. The van der Waals surface area contributed by atoms with Gasteiger partial charge in [-0.2, -0.15) is 0 Å². The zero-order valence-electron chi connectivity index (χ0n) is 5.56. The van der Waals surface area contributed by atoms with E-state index in [9.17, 15) is 0 Å². The predicted octanol–water partition coefficient (Wildman–Crippen LogP) is 2.89. The molecule has 0 saturated carbocycles. The number of hydrogen-bond acceptors (Lipinski definition) is 2. The summed E-state index contributed by atoms with van der Waals surface area (Å²) in [5.41, 5.74) is 0. The Hall–Kier alpha value is 0.140. The van der Waals surface area contributed by atoms with Gasteiger partial charge in [0, 0.05) is 9.35 Å². The van der Waals surface area contributed by atoms with Crippen molar-refractivity contribution in [3.63, 3.8) is 0 Å². The van der Waals surface area contributed by atoms with E-state index in [1.807, 2.05) is 11.3 Å². The second kappa shape index (κ2) is 2.32. The highest BCUT2D eigenvalue weighted by atomic mass is 79.9. The van der Waals surface area contributed by atoms with Gasteiger partial charge >= 0.3 is 0 Å². The Morgan fingerprint density at radius 2 is 2.50 bits per heavy atom. The maximum Gasteiger partial charge on any atom is 0.116 e. The monoisotopic (exact) mass is 218 g/mol. The van der Waals surface area contributed by atoms with Crippen LogP contribution in [0.1, 0.15) is 15.9 Å². The Morgan fingerprint density at radius 1 is 1.80 bits per heavy atom. The fraction of sp³-hybridized carbons (Fsp3) is 0.429. The molecule has 0 N–H and O–H groups in total. The lowest BCUT2D eigenvalue weighted by Crippen LogP contribution is -1.70. The lowest BCUT2D eigenvalue weighted by atomic mass is 10.4. The van der Waals surface area contributed by atoms with Crippen LogP contribution >= 0.6 is 27.3 Å². The van der Waals surface area contributed by atoms with Gasteiger partial charge in [-0.25, -0.2) is 0 Å². The van der Waals surface area contributed by atoms with E-state index in [0.29, 0.717) is 6.10 Å². The van der Waals surface area contributed by atoms with Crippen LogP contribution in [0.25, 0.3) is 0 Å². The van der Waals surface area contributed by atoms with Gasteiger partial charge in [0.15, 0.2) is 0 Å². The lowest BCUT2D eigenvalue weighted by Gasteiger charge is -1.86. The molecule has 1 unspecified atom stereocenters. The Labute approximate surface area is 72.1 Å². The first-order valence-electron chi connectivity index (χ1n) is 3.15. The topological polar surface area (TPSA) is 12.5 Å². The Kier molecular flexibility index (Phi) is 1.59. The van der Waals surface area contributed by atoms with Crippen molar-refractivity contribution < 1.29 is 4.74 Å². The van der Waals surface area contributed by atoms with Crippen LogP contribution in [0, 0.1) is 6.92 Å². The normalized spacial score (nSPS) is 23.2. The molecule has 1 atom stereocenters. The molecule has 0 amide bonds. The second-order valence-electron chi connectivity index (χ2n) is 2.39. The van der Waals surface area contributed by atoms with E-state index in [1.165, 1.54) is 14.2 Å². The van der Waals surface area contributed by atoms with E-state index >= 15 is 0 Å². The number of aryl methyl sites for hydroxylation is 1. The molecule has 2 heterocycles. The first kappa shape index (κ1) is 6.83. The minimum absolute atomic E-state index is 0.396. The van der Waals surface area contributed by atoms with Gasteiger partial charge in [0.2, 0.25) is 0 Å². The van der Waals surface area contributed by atoms with Crippen molar-refractivity contribution in [2.75, 3.05) is 6.61 Å². The summed E-state index contributed by atoms with van der Waals surface area (Å²) in [6.45, 7) is 3.01. The number of rotatable bonds is 1. The minimum Gasteiger partial charge on any atom is -0.367 e. The zero-order valence-corrected chi connectivity index (χ0v) is 7.96. The smallest absolute Gasteiger partial charge is 0.116 e. The molecule has 1 fully saturated rings. The van der Waals surface area contributed by atoms with Gasteiger partial charge in [-0.1, -0.05) is 0 Å². The predicted molar refractivity (Wildman–Crippen MR) is 45.4 cm³/mol. The van der Waals surface area contributed by atoms with Crippen LogP contribution in [0.2, 0.25) is 0 Å². The van der Waals surface area contributed by atoms with Gasteiger partial charge in [-0.05, 0) is 28.9 Å². The molecule has 0 aromatic carbocycles. The maximum absolute atomic E-state index is 5.17. The average molecular weight is 219 g/mol. The maximum atomic E-state index is 5.17. The summed E-state index contributed by atoms with van der Waals surface area (Å²) in [4.78, 5) is 2.69.